The van der Waals surface area contributed by atoms with E-state index in [-0.39, 0.29) is 18.2 Å². The van der Waals surface area contributed by atoms with Crippen LogP contribution in [0.15, 0.2) is 24.3 Å². The standard InChI is InChI=1S/C17H25NO3/c1-12-5-7-14(8-6-12)11-13(2)16(21)18-17(3,4)10-9-15(19)20/h5-8,13H,9-11H2,1-4H3,(H,18,21)(H,19,20). The van der Waals surface area contributed by atoms with Gasteiger partial charge in [-0.15, -0.1) is 0 Å². The predicted molar refractivity (Wildman–Crippen MR) is 83.1 cm³/mol. The number of carbonyl (C=O) groups is 2. The maximum Gasteiger partial charge on any atom is 0.303 e. The molecule has 0 heterocycles. The molecule has 0 aromatic heterocycles. The largest absolute Gasteiger partial charge is 0.481 e. The third kappa shape index (κ3) is 6.43. The molecule has 0 saturated carbocycles. The number of hydrogen-bond acceptors (Lipinski definition) is 2. The van der Waals surface area contributed by atoms with Crippen molar-refractivity contribution in [3.63, 3.8) is 0 Å². The number of aryl methyl sites for hydroxylation is 1. The lowest BCUT2D eigenvalue weighted by atomic mass is 9.95. The topological polar surface area (TPSA) is 66.4 Å². The molecular weight excluding hydrogens is 266 g/mol. The van der Waals surface area contributed by atoms with Crippen LogP contribution in [-0.2, 0) is 16.0 Å². The molecule has 4 nitrogen and oxygen atoms in total. The van der Waals surface area contributed by atoms with Crippen molar-refractivity contribution >= 4 is 11.9 Å². The minimum atomic E-state index is -0.843. The quantitative estimate of drug-likeness (QED) is 0.811. The first-order chi connectivity index (χ1) is 9.69. The lowest BCUT2D eigenvalue weighted by Crippen LogP contribution is -2.46. The van der Waals surface area contributed by atoms with Crippen LogP contribution in [-0.4, -0.2) is 22.5 Å². The molecule has 1 rings (SSSR count). The minimum Gasteiger partial charge on any atom is -0.481 e. The van der Waals surface area contributed by atoms with E-state index in [1.807, 2.05) is 52.0 Å². The van der Waals surface area contributed by atoms with Crippen LogP contribution in [0.1, 0.15) is 44.7 Å². The van der Waals surface area contributed by atoms with E-state index in [2.05, 4.69) is 5.32 Å². The van der Waals surface area contributed by atoms with Crippen molar-refractivity contribution in [1.29, 1.82) is 0 Å². The fourth-order valence-corrected chi connectivity index (χ4v) is 2.11. The van der Waals surface area contributed by atoms with Crippen molar-refractivity contribution in [1.82, 2.24) is 5.32 Å². The molecule has 0 bridgehead atoms. The maximum absolute atomic E-state index is 12.2. The molecule has 1 aromatic carbocycles. The summed E-state index contributed by atoms with van der Waals surface area (Å²) < 4.78 is 0. The van der Waals surface area contributed by atoms with Crippen LogP contribution in [0.25, 0.3) is 0 Å². The fourth-order valence-electron chi connectivity index (χ4n) is 2.11. The van der Waals surface area contributed by atoms with Crippen LogP contribution in [0, 0.1) is 12.8 Å². The maximum atomic E-state index is 12.2. The third-order valence-corrected chi connectivity index (χ3v) is 3.54. The lowest BCUT2D eigenvalue weighted by Gasteiger charge is -2.27. The number of carboxylic acid groups (broad SMARTS) is 1. The predicted octanol–water partition coefficient (Wildman–Crippen LogP) is 2.93. The second-order valence-corrected chi connectivity index (χ2v) is 6.36. The normalized spacial score (nSPS) is 12.8. The number of aliphatic carboxylic acids is 1. The highest BCUT2D eigenvalue weighted by atomic mass is 16.4. The summed E-state index contributed by atoms with van der Waals surface area (Å²) in [6.45, 7) is 7.63. The highest BCUT2D eigenvalue weighted by molar-refractivity contribution is 5.79. The Bertz CT molecular complexity index is 491. The highest BCUT2D eigenvalue weighted by Crippen LogP contribution is 2.15. The molecule has 0 aliphatic rings. The van der Waals surface area contributed by atoms with Crippen LogP contribution >= 0.6 is 0 Å². The Hall–Kier alpha value is -1.84. The number of carboxylic acids is 1. The Balaban J connectivity index is 2.53. The Kier molecular flexibility index (Phi) is 5.94. The van der Waals surface area contributed by atoms with Gasteiger partial charge in [-0.05, 0) is 39.2 Å². The van der Waals surface area contributed by atoms with Crippen molar-refractivity contribution in [3.05, 3.63) is 35.4 Å². The van der Waals surface area contributed by atoms with Crippen LogP contribution in [0.5, 0.6) is 0 Å². The monoisotopic (exact) mass is 291 g/mol. The smallest absolute Gasteiger partial charge is 0.303 e. The van der Waals surface area contributed by atoms with Crippen molar-refractivity contribution in [2.24, 2.45) is 5.92 Å². The molecule has 116 valence electrons. The zero-order valence-electron chi connectivity index (χ0n) is 13.3. The number of hydrogen-bond donors (Lipinski definition) is 2. The van der Waals surface area contributed by atoms with E-state index in [0.29, 0.717) is 12.8 Å². The van der Waals surface area contributed by atoms with Gasteiger partial charge < -0.3 is 10.4 Å². The molecule has 1 atom stereocenters. The molecule has 1 amide bonds. The molecule has 1 unspecified atom stereocenters. The summed E-state index contributed by atoms with van der Waals surface area (Å²) in [5.41, 5.74) is 1.83. The molecule has 1 aromatic rings. The SMILES string of the molecule is Cc1ccc(CC(C)C(=O)NC(C)(C)CCC(=O)O)cc1. The van der Waals surface area contributed by atoms with Gasteiger partial charge >= 0.3 is 5.97 Å². The molecule has 0 spiro atoms. The van der Waals surface area contributed by atoms with Crippen LogP contribution in [0.3, 0.4) is 0 Å². The third-order valence-electron chi connectivity index (χ3n) is 3.54. The highest BCUT2D eigenvalue weighted by Gasteiger charge is 2.24. The van der Waals surface area contributed by atoms with Crippen molar-refractivity contribution < 1.29 is 14.7 Å². The first-order valence-corrected chi connectivity index (χ1v) is 7.29. The van der Waals surface area contributed by atoms with Crippen molar-refractivity contribution in [2.45, 2.75) is 52.5 Å². The number of carbonyl (C=O) groups excluding carboxylic acids is 1. The van der Waals surface area contributed by atoms with E-state index >= 15 is 0 Å². The fraction of sp³-hybridized carbons (Fsp3) is 0.529. The zero-order valence-corrected chi connectivity index (χ0v) is 13.3. The van der Waals surface area contributed by atoms with Crippen LogP contribution < -0.4 is 5.32 Å². The lowest BCUT2D eigenvalue weighted by molar-refractivity contribution is -0.138. The molecule has 0 aliphatic carbocycles. The second kappa shape index (κ2) is 7.25. The van der Waals surface area contributed by atoms with Crippen LogP contribution in [0.2, 0.25) is 0 Å². The number of rotatable bonds is 7. The summed E-state index contributed by atoms with van der Waals surface area (Å²) in [6.07, 6.45) is 1.16. The van der Waals surface area contributed by atoms with Gasteiger partial charge in [0.15, 0.2) is 0 Å². The number of benzene rings is 1. The van der Waals surface area contributed by atoms with Gasteiger partial charge in [-0.1, -0.05) is 36.8 Å². The summed E-state index contributed by atoms with van der Waals surface area (Å²) in [7, 11) is 0. The van der Waals surface area contributed by atoms with Gasteiger partial charge in [0.05, 0.1) is 0 Å². The first kappa shape index (κ1) is 17.2. The van der Waals surface area contributed by atoms with E-state index in [1.165, 1.54) is 5.56 Å². The second-order valence-electron chi connectivity index (χ2n) is 6.36. The van der Waals surface area contributed by atoms with Crippen LogP contribution in [0.4, 0.5) is 0 Å². The van der Waals surface area contributed by atoms with E-state index in [9.17, 15) is 9.59 Å². The Morgan fingerprint density at radius 3 is 2.33 bits per heavy atom. The van der Waals surface area contributed by atoms with Gasteiger partial charge in [0.1, 0.15) is 0 Å². The van der Waals surface area contributed by atoms with E-state index < -0.39 is 11.5 Å². The Morgan fingerprint density at radius 2 is 1.81 bits per heavy atom. The number of amides is 1. The van der Waals surface area contributed by atoms with Gasteiger partial charge in [-0.3, -0.25) is 9.59 Å². The molecule has 0 aliphatic heterocycles. The Labute approximate surface area is 126 Å². The summed E-state index contributed by atoms with van der Waals surface area (Å²) in [5.74, 6) is -1.02. The van der Waals surface area contributed by atoms with Crippen molar-refractivity contribution in [3.8, 4) is 0 Å². The molecule has 21 heavy (non-hydrogen) atoms. The summed E-state index contributed by atoms with van der Waals surface area (Å²) >= 11 is 0. The van der Waals surface area contributed by atoms with E-state index in [4.69, 9.17) is 5.11 Å². The summed E-state index contributed by atoms with van der Waals surface area (Å²) in [4.78, 5) is 22.8. The van der Waals surface area contributed by atoms with E-state index in [1.54, 1.807) is 0 Å². The molecule has 4 heteroatoms. The first-order valence-electron chi connectivity index (χ1n) is 7.29. The summed E-state index contributed by atoms with van der Waals surface area (Å²) in [5, 5.41) is 11.7. The van der Waals surface area contributed by atoms with Gasteiger partial charge in [0, 0.05) is 17.9 Å². The zero-order chi connectivity index (χ0) is 16.0. The van der Waals surface area contributed by atoms with Gasteiger partial charge in [-0.2, -0.15) is 0 Å². The van der Waals surface area contributed by atoms with E-state index in [0.717, 1.165) is 5.56 Å². The minimum absolute atomic E-state index is 0.0361. The van der Waals surface area contributed by atoms with Crippen molar-refractivity contribution in [2.75, 3.05) is 0 Å². The Morgan fingerprint density at radius 1 is 1.24 bits per heavy atom. The molecule has 2 N–H and O–H groups in total. The summed E-state index contributed by atoms with van der Waals surface area (Å²) in [6, 6.07) is 8.15. The molecule has 0 fully saturated rings. The van der Waals surface area contributed by atoms with Gasteiger partial charge in [0.2, 0.25) is 5.91 Å². The molecule has 0 saturated heterocycles. The van der Waals surface area contributed by atoms with Gasteiger partial charge in [-0.25, -0.2) is 0 Å². The van der Waals surface area contributed by atoms with Gasteiger partial charge in [0.25, 0.3) is 0 Å². The average molecular weight is 291 g/mol. The molecule has 0 radical (unpaired) electrons. The molecular formula is C17H25NO3. The number of nitrogens with one attached hydrogen (secondary N) is 1. The average Bonchev–Trinajstić information content (AvgIpc) is 2.38.